The standard InChI is InChI=1S/C20H13BrF4N4OS/c21-12-3-2-11(15(22)6-12)10-28-18(31)29(17(30)19(28)4-1-5-19)13-7-14(20(23,24)25)16(8-26)27-9-13/h2-3,6-7,9H,1,4-5,10H2. The van der Waals surface area contributed by atoms with Crippen LogP contribution in [0.4, 0.5) is 23.2 Å². The van der Waals surface area contributed by atoms with E-state index < -0.39 is 34.7 Å². The van der Waals surface area contributed by atoms with E-state index in [-0.39, 0.29) is 17.3 Å². The van der Waals surface area contributed by atoms with Gasteiger partial charge in [0.05, 0.1) is 17.4 Å². The molecular weight excluding hydrogens is 500 g/mol. The number of alkyl halides is 3. The van der Waals surface area contributed by atoms with E-state index in [0.29, 0.717) is 28.9 Å². The van der Waals surface area contributed by atoms with Crippen molar-refractivity contribution in [3.8, 4) is 6.07 Å². The van der Waals surface area contributed by atoms with Crippen LogP contribution in [0.3, 0.4) is 0 Å². The quantitative estimate of drug-likeness (QED) is 0.431. The number of amides is 1. The Hall–Kier alpha value is -2.58. The molecule has 2 heterocycles. The summed E-state index contributed by atoms with van der Waals surface area (Å²) in [5.74, 6) is -0.960. The number of carbonyl (C=O) groups excluding carboxylic acids is 1. The van der Waals surface area contributed by atoms with E-state index >= 15 is 0 Å². The van der Waals surface area contributed by atoms with Gasteiger partial charge in [-0.1, -0.05) is 22.0 Å². The number of hydrogen-bond acceptors (Lipinski definition) is 4. The average molecular weight is 513 g/mol. The number of halogens is 5. The minimum absolute atomic E-state index is 0.00395. The van der Waals surface area contributed by atoms with Crippen LogP contribution in [0.5, 0.6) is 0 Å². The van der Waals surface area contributed by atoms with E-state index in [1.54, 1.807) is 17.0 Å². The van der Waals surface area contributed by atoms with Crippen molar-refractivity contribution in [1.29, 1.82) is 5.26 Å². The molecule has 2 aromatic rings. The number of aromatic nitrogens is 1. The second-order valence-corrected chi connectivity index (χ2v) is 8.61. The zero-order valence-corrected chi connectivity index (χ0v) is 18.1. The molecule has 4 rings (SSSR count). The van der Waals surface area contributed by atoms with Crippen LogP contribution in [0.2, 0.25) is 0 Å². The minimum Gasteiger partial charge on any atom is -0.329 e. The zero-order valence-electron chi connectivity index (χ0n) is 15.7. The Balaban J connectivity index is 1.75. The van der Waals surface area contributed by atoms with Gasteiger partial charge in [-0.05, 0) is 49.7 Å². The smallest absolute Gasteiger partial charge is 0.329 e. The van der Waals surface area contributed by atoms with Crippen LogP contribution in [0, 0.1) is 17.1 Å². The van der Waals surface area contributed by atoms with Crippen LogP contribution in [-0.4, -0.2) is 26.4 Å². The number of pyridine rings is 1. The maximum atomic E-state index is 14.4. The van der Waals surface area contributed by atoms with Crippen molar-refractivity contribution in [2.75, 3.05) is 4.90 Å². The highest BCUT2D eigenvalue weighted by Gasteiger charge is 2.59. The van der Waals surface area contributed by atoms with Crippen LogP contribution in [0.1, 0.15) is 36.1 Å². The number of rotatable bonds is 3. The molecular formula is C20H13BrF4N4OS. The Bertz CT molecular complexity index is 1140. The number of nitrogens with zero attached hydrogens (tertiary/aromatic N) is 4. The van der Waals surface area contributed by atoms with Crippen molar-refractivity contribution in [1.82, 2.24) is 9.88 Å². The highest BCUT2D eigenvalue weighted by atomic mass is 79.9. The van der Waals surface area contributed by atoms with Crippen LogP contribution in [-0.2, 0) is 17.5 Å². The Morgan fingerprint density at radius 2 is 2.00 bits per heavy atom. The third-order valence-electron chi connectivity index (χ3n) is 5.61. The van der Waals surface area contributed by atoms with Crippen molar-refractivity contribution in [3.05, 3.63) is 57.6 Å². The number of benzene rings is 1. The Kier molecular flexibility index (Phi) is 5.26. The first-order chi connectivity index (χ1) is 14.6. The lowest BCUT2D eigenvalue weighted by molar-refractivity contribution is -0.138. The lowest BCUT2D eigenvalue weighted by Gasteiger charge is -2.43. The monoisotopic (exact) mass is 512 g/mol. The first-order valence-electron chi connectivity index (χ1n) is 9.16. The average Bonchev–Trinajstić information content (AvgIpc) is 2.89. The summed E-state index contributed by atoms with van der Waals surface area (Å²) in [4.78, 5) is 19.5. The highest BCUT2D eigenvalue weighted by Crippen LogP contribution is 2.47. The predicted octanol–water partition coefficient (Wildman–Crippen LogP) is 4.93. The molecule has 0 radical (unpaired) electrons. The molecule has 1 aliphatic heterocycles. The van der Waals surface area contributed by atoms with Crippen molar-refractivity contribution in [2.45, 2.75) is 37.5 Å². The van der Waals surface area contributed by atoms with Crippen LogP contribution in [0.15, 0.2) is 34.9 Å². The summed E-state index contributed by atoms with van der Waals surface area (Å²) in [7, 11) is 0. The number of carbonyl (C=O) groups is 1. The molecule has 1 aliphatic carbocycles. The maximum Gasteiger partial charge on any atom is 0.419 e. The molecule has 0 N–H and O–H groups in total. The molecule has 1 spiro atoms. The molecule has 160 valence electrons. The van der Waals surface area contributed by atoms with Gasteiger partial charge in [0.25, 0.3) is 5.91 Å². The van der Waals surface area contributed by atoms with Crippen LogP contribution >= 0.6 is 28.1 Å². The SMILES string of the molecule is N#Cc1ncc(N2C(=O)C3(CCC3)N(Cc3ccc(Br)cc3F)C2=S)cc1C(F)(F)F. The fourth-order valence-electron chi connectivity index (χ4n) is 3.86. The summed E-state index contributed by atoms with van der Waals surface area (Å²) in [5, 5.41) is 8.94. The minimum atomic E-state index is -4.83. The summed E-state index contributed by atoms with van der Waals surface area (Å²) in [6, 6.07) is 6.62. The molecule has 5 nitrogen and oxygen atoms in total. The van der Waals surface area contributed by atoms with Crippen molar-refractivity contribution in [2.24, 2.45) is 0 Å². The summed E-state index contributed by atoms with van der Waals surface area (Å²) in [5.41, 5.74) is -2.93. The van der Waals surface area contributed by atoms with Crippen LogP contribution in [0.25, 0.3) is 0 Å². The van der Waals surface area contributed by atoms with Crippen molar-refractivity contribution in [3.63, 3.8) is 0 Å². The molecule has 0 bridgehead atoms. The Labute approximate surface area is 188 Å². The van der Waals surface area contributed by atoms with E-state index in [2.05, 4.69) is 20.9 Å². The summed E-state index contributed by atoms with van der Waals surface area (Å²) < 4.78 is 55.1. The van der Waals surface area contributed by atoms with E-state index in [1.807, 2.05) is 0 Å². The fourth-order valence-corrected chi connectivity index (χ4v) is 4.62. The number of anilines is 1. The van der Waals surface area contributed by atoms with Gasteiger partial charge in [-0.3, -0.25) is 9.69 Å². The van der Waals surface area contributed by atoms with Gasteiger partial charge >= 0.3 is 6.18 Å². The molecule has 0 atom stereocenters. The molecule has 2 fully saturated rings. The second kappa shape index (κ2) is 7.53. The van der Waals surface area contributed by atoms with Gasteiger partial charge in [0.2, 0.25) is 0 Å². The first kappa shape index (κ1) is 21.6. The first-order valence-corrected chi connectivity index (χ1v) is 10.4. The van der Waals surface area contributed by atoms with Gasteiger partial charge < -0.3 is 4.90 Å². The Morgan fingerprint density at radius 1 is 1.29 bits per heavy atom. The second-order valence-electron chi connectivity index (χ2n) is 7.33. The van der Waals surface area contributed by atoms with Gasteiger partial charge in [0, 0.05) is 16.6 Å². The Morgan fingerprint density at radius 3 is 2.55 bits per heavy atom. The molecule has 1 amide bonds. The molecule has 2 aliphatic rings. The predicted molar refractivity (Wildman–Crippen MR) is 110 cm³/mol. The molecule has 11 heteroatoms. The topological polar surface area (TPSA) is 60.2 Å². The summed E-state index contributed by atoms with van der Waals surface area (Å²) in [6.07, 6.45) is -2.16. The number of nitriles is 1. The maximum absolute atomic E-state index is 14.4. The lowest BCUT2D eigenvalue weighted by Crippen LogP contribution is -2.54. The van der Waals surface area contributed by atoms with Crippen molar-refractivity contribution >= 4 is 44.9 Å². The normalized spacial score (nSPS) is 17.8. The van der Waals surface area contributed by atoms with Gasteiger partial charge in [-0.2, -0.15) is 18.4 Å². The molecule has 1 aromatic carbocycles. The molecule has 1 saturated heterocycles. The molecule has 1 saturated carbocycles. The van der Waals surface area contributed by atoms with E-state index in [9.17, 15) is 22.4 Å². The van der Waals surface area contributed by atoms with Gasteiger partial charge in [-0.15, -0.1) is 0 Å². The lowest BCUT2D eigenvalue weighted by atomic mass is 9.75. The fraction of sp³-hybridized carbons (Fsp3) is 0.300. The van der Waals surface area contributed by atoms with Gasteiger partial charge in [-0.25, -0.2) is 9.37 Å². The molecule has 1 aromatic heterocycles. The summed E-state index contributed by atoms with van der Waals surface area (Å²) in [6.45, 7) is -0.00395. The highest BCUT2D eigenvalue weighted by molar-refractivity contribution is 9.10. The van der Waals surface area contributed by atoms with E-state index in [1.165, 1.54) is 12.1 Å². The van der Waals surface area contributed by atoms with Crippen molar-refractivity contribution < 1.29 is 22.4 Å². The third kappa shape index (κ3) is 3.47. The zero-order chi connectivity index (χ0) is 22.6. The number of hydrogen-bond donors (Lipinski definition) is 0. The largest absolute Gasteiger partial charge is 0.419 e. The summed E-state index contributed by atoms with van der Waals surface area (Å²) >= 11 is 8.65. The van der Waals surface area contributed by atoms with Gasteiger partial charge in [0.1, 0.15) is 17.4 Å². The van der Waals surface area contributed by atoms with E-state index in [4.69, 9.17) is 17.5 Å². The van der Waals surface area contributed by atoms with Crippen LogP contribution < -0.4 is 4.90 Å². The van der Waals surface area contributed by atoms with Gasteiger partial charge in [0.15, 0.2) is 10.8 Å². The molecule has 31 heavy (non-hydrogen) atoms. The third-order valence-corrected chi connectivity index (χ3v) is 6.50. The molecule has 0 unspecified atom stereocenters. The van der Waals surface area contributed by atoms with E-state index in [0.717, 1.165) is 17.5 Å². The number of thiocarbonyl (C=S) groups is 1.